The Morgan fingerprint density at radius 3 is 2.85 bits per heavy atom. The Bertz CT molecular complexity index is 442. The van der Waals surface area contributed by atoms with Crippen LogP contribution in [-0.4, -0.2) is 42.5 Å². The molecule has 0 radical (unpaired) electrons. The molecule has 108 valence electrons. The van der Waals surface area contributed by atoms with Gasteiger partial charge < -0.3 is 10.6 Å². The molecular weight excluding hydrogens is 250 g/mol. The molecule has 4 nitrogen and oxygen atoms in total. The predicted octanol–water partition coefficient (Wildman–Crippen LogP) is 1.84. The lowest BCUT2D eigenvalue weighted by Crippen LogP contribution is -2.46. The van der Waals surface area contributed by atoms with Crippen molar-refractivity contribution < 1.29 is 4.79 Å². The van der Waals surface area contributed by atoms with Gasteiger partial charge >= 0.3 is 0 Å². The fraction of sp³-hybridized carbons (Fsp3) is 0.562. The van der Waals surface area contributed by atoms with Crippen molar-refractivity contribution in [3.63, 3.8) is 0 Å². The Hall–Kier alpha value is -1.39. The monoisotopic (exact) mass is 273 g/mol. The van der Waals surface area contributed by atoms with Gasteiger partial charge in [0.25, 0.3) is 0 Å². The summed E-state index contributed by atoms with van der Waals surface area (Å²) in [6.45, 7) is 2.69. The van der Waals surface area contributed by atoms with E-state index >= 15 is 0 Å². The molecule has 2 unspecified atom stereocenters. The van der Waals surface area contributed by atoms with Crippen LogP contribution in [0.25, 0.3) is 0 Å². The molecule has 2 saturated heterocycles. The molecule has 2 N–H and O–H groups in total. The van der Waals surface area contributed by atoms with E-state index in [9.17, 15) is 4.79 Å². The Kier molecular flexibility index (Phi) is 4.33. The van der Waals surface area contributed by atoms with E-state index in [1.54, 1.807) is 0 Å². The fourth-order valence-electron chi connectivity index (χ4n) is 3.45. The molecule has 2 atom stereocenters. The summed E-state index contributed by atoms with van der Waals surface area (Å²) < 4.78 is 0. The number of nitrogens with one attached hydrogen (secondary N) is 2. The molecule has 0 aromatic heterocycles. The number of amides is 1. The van der Waals surface area contributed by atoms with Crippen molar-refractivity contribution in [1.29, 1.82) is 0 Å². The van der Waals surface area contributed by atoms with Crippen LogP contribution in [0.4, 0.5) is 5.69 Å². The number of anilines is 1. The fourth-order valence-corrected chi connectivity index (χ4v) is 3.45. The average Bonchev–Trinajstić information content (AvgIpc) is 3.10. The normalized spacial score (nSPS) is 26.8. The van der Waals surface area contributed by atoms with E-state index in [1.165, 1.54) is 25.7 Å². The summed E-state index contributed by atoms with van der Waals surface area (Å²) in [5, 5.41) is 6.56. The first-order valence-corrected chi connectivity index (χ1v) is 7.65. The number of rotatable bonds is 4. The van der Waals surface area contributed by atoms with Crippen LogP contribution >= 0.6 is 0 Å². The van der Waals surface area contributed by atoms with E-state index in [1.807, 2.05) is 30.3 Å². The van der Waals surface area contributed by atoms with Crippen molar-refractivity contribution in [2.75, 3.05) is 25.0 Å². The van der Waals surface area contributed by atoms with Crippen LogP contribution in [0.2, 0.25) is 0 Å². The van der Waals surface area contributed by atoms with E-state index in [0.717, 1.165) is 18.8 Å². The number of carbonyl (C=O) groups excluding carboxylic acids is 1. The Morgan fingerprint density at radius 1 is 1.25 bits per heavy atom. The van der Waals surface area contributed by atoms with Crippen LogP contribution < -0.4 is 10.6 Å². The molecule has 2 heterocycles. The highest BCUT2D eigenvalue weighted by molar-refractivity contribution is 5.92. The van der Waals surface area contributed by atoms with Gasteiger partial charge in [0.05, 0.1) is 6.54 Å². The van der Waals surface area contributed by atoms with E-state index in [-0.39, 0.29) is 5.91 Å². The number of hydrogen-bond donors (Lipinski definition) is 2. The molecule has 0 spiro atoms. The predicted molar refractivity (Wildman–Crippen MR) is 80.7 cm³/mol. The van der Waals surface area contributed by atoms with Gasteiger partial charge in [0, 0.05) is 17.8 Å². The van der Waals surface area contributed by atoms with E-state index in [4.69, 9.17) is 0 Å². The number of para-hydroxylation sites is 1. The Labute approximate surface area is 120 Å². The number of hydrogen-bond acceptors (Lipinski definition) is 3. The first-order valence-electron chi connectivity index (χ1n) is 7.65. The minimum absolute atomic E-state index is 0.0982. The summed E-state index contributed by atoms with van der Waals surface area (Å²) in [6, 6.07) is 10.8. The lowest BCUT2D eigenvalue weighted by Gasteiger charge is -2.28. The van der Waals surface area contributed by atoms with Crippen molar-refractivity contribution in [2.24, 2.45) is 0 Å². The molecule has 4 heteroatoms. The van der Waals surface area contributed by atoms with Crippen LogP contribution in [0, 0.1) is 0 Å². The van der Waals surface area contributed by atoms with E-state index < -0.39 is 0 Å². The van der Waals surface area contributed by atoms with Crippen molar-refractivity contribution in [2.45, 2.75) is 37.8 Å². The Balaban J connectivity index is 1.55. The second kappa shape index (κ2) is 6.37. The van der Waals surface area contributed by atoms with Gasteiger partial charge in [-0.25, -0.2) is 0 Å². The molecule has 1 aromatic rings. The van der Waals surface area contributed by atoms with E-state index in [2.05, 4.69) is 15.5 Å². The summed E-state index contributed by atoms with van der Waals surface area (Å²) in [5.74, 6) is 0.0982. The molecule has 3 rings (SSSR count). The topological polar surface area (TPSA) is 44.4 Å². The Morgan fingerprint density at radius 2 is 2.10 bits per heavy atom. The molecule has 0 aliphatic carbocycles. The van der Waals surface area contributed by atoms with Gasteiger partial charge in [-0.15, -0.1) is 0 Å². The highest BCUT2D eigenvalue weighted by Crippen LogP contribution is 2.24. The summed E-state index contributed by atoms with van der Waals surface area (Å²) in [6.07, 6.45) is 4.95. The molecule has 0 bridgehead atoms. The minimum atomic E-state index is 0.0982. The zero-order valence-electron chi connectivity index (χ0n) is 11.8. The van der Waals surface area contributed by atoms with Gasteiger partial charge in [-0.05, 0) is 50.9 Å². The molecule has 2 fully saturated rings. The van der Waals surface area contributed by atoms with Crippen molar-refractivity contribution in [3.8, 4) is 0 Å². The van der Waals surface area contributed by atoms with Crippen LogP contribution in [-0.2, 0) is 4.79 Å². The van der Waals surface area contributed by atoms with Crippen molar-refractivity contribution >= 4 is 11.6 Å². The van der Waals surface area contributed by atoms with Gasteiger partial charge in [0.2, 0.25) is 5.91 Å². The second-order valence-electron chi connectivity index (χ2n) is 5.80. The molecule has 1 aromatic carbocycles. The number of nitrogens with zero attached hydrogens (tertiary/aromatic N) is 1. The highest BCUT2D eigenvalue weighted by Gasteiger charge is 2.33. The van der Waals surface area contributed by atoms with Crippen LogP contribution in [0.1, 0.15) is 25.7 Å². The third-order valence-corrected chi connectivity index (χ3v) is 4.38. The summed E-state index contributed by atoms with van der Waals surface area (Å²) in [7, 11) is 0. The summed E-state index contributed by atoms with van der Waals surface area (Å²) >= 11 is 0. The van der Waals surface area contributed by atoms with Gasteiger partial charge in [-0.2, -0.15) is 0 Å². The molecule has 0 saturated carbocycles. The molecular formula is C16H23N3O. The van der Waals surface area contributed by atoms with Crippen LogP contribution in [0.5, 0.6) is 0 Å². The lowest BCUT2D eigenvalue weighted by atomic mass is 10.0. The lowest BCUT2D eigenvalue weighted by molar-refractivity contribution is -0.117. The number of benzene rings is 1. The van der Waals surface area contributed by atoms with Crippen LogP contribution in [0.15, 0.2) is 30.3 Å². The highest BCUT2D eigenvalue weighted by atomic mass is 16.2. The van der Waals surface area contributed by atoms with Gasteiger partial charge in [0.1, 0.15) is 0 Å². The molecule has 2 aliphatic rings. The summed E-state index contributed by atoms with van der Waals surface area (Å²) in [4.78, 5) is 14.5. The molecule has 2 aliphatic heterocycles. The zero-order chi connectivity index (χ0) is 13.8. The number of likely N-dealkylation sites (tertiary alicyclic amines) is 1. The first kappa shape index (κ1) is 13.6. The van der Waals surface area contributed by atoms with Gasteiger partial charge in [-0.3, -0.25) is 9.69 Å². The smallest absolute Gasteiger partial charge is 0.238 e. The standard InChI is InChI=1S/C16H23N3O/c20-16(18-13-6-2-1-3-7-13)12-19-11-5-9-15(19)14-8-4-10-17-14/h1-3,6-7,14-15,17H,4-5,8-12H2,(H,18,20). The largest absolute Gasteiger partial charge is 0.325 e. The van der Waals surface area contributed by atoms with Crippen molar-refractivity contribution in [3.05, 3.63) is 30.3 Å². The quantitative estimate of drug-likeness (QED) is 0.880. The van der Waals surface area contributed by atoms with Gasteiger partial charge in [-0.1, -0.05) is 18.2 Å². The molecule has 1 amide bonds. The summed E-state index contributed by atoms with van der Waals surface area (Å²) in [5.41, 5.74) is 0.882. The third-order valence-electron chi connectivity index (χ3n) is 4.38. The third kappa shape index (κ3) is 3.19. The average molecular weight is 273 g/mol. The van der Waals surface area contributed by atoms with Crippen LogP contribution in [0.3, 0.4) is 0 Å². The van der Waals surface area contributed by atoms with Gasteiger partial charge in [0.15, 0.2) is 0 Å². The molecule has 20 heavy (non-hydrogen) atoms. The second-order valence-corrected chi connectivity index (χ2v) is 5.80. The minimum Gasteiger partial charge on any atom is -0.325 e. The maximum absolute atomic E-state index is 12.2. The maximum atomic E-state index is 12.2. The first-order chi connectivity index (χ1) is 9.83. The van der Waals surface area contributed by atoms with E-state index in [0.29, 0.717) is 18.6 Å². The number of carbonyl (C=O) groups is 1. The SMILES string of the molecule is O=C(CN1CCCC1C1CCCN1)Nc1ccccc1. The maximum Gasteiger partial charge on any atom is 0.238 e. The van der Waals surface area contributed by atoms with Crippen molar-refractivity contribution in [1.82, 2.24) is 10.2 Å². The zero-order valence-corrected chi connectivity index (χ0v) is 11.8.